The number of aryl methyl sites for hydroxylation is 2. The van der Waals surface area contributed by atoms with Gasteiger partial charge in [0.2, 0.25) is 0 Å². The number of benzene rings is 1. The van der Waals surface area contributed by atoms with Crippen LogP contribution in [0.4, 0.5) is 0 Å². The lowest BCUT2D eigenvalue weighted by Gasteiger charge is -2.16. The molecule has 1 aromatic carbocycles. The van der Waals surface area contributed by atoms with E-state index in [0.717, 1.165) is 23.4 Å². The predicted octanol–water partition coefficient (Wildman–Crippen LogP) is 0.852. The Labute approximate surface area is 127 Å². The lowest BCUT2D eigenvalue weighted by atomic mass is 10.1. The number of fused-ring (bicyclic) bond motifs is 1. The van der Waals surface area contributed by atoms with Crippen LogP contribution in [0.25, 0.3) is 11.0 Å². The first-order chi connectivity index (χ1) is 10.6. The second kappa shape index (κ2) is 5.55. The molecule has 0 aliphatic carbocycles. The standard InChI is InChI=1S/C14H17N7O/c1-4-21-12-6-5-10(7-11(12)16-18-21)14(22)19(2)8-13-17-15-9-20(13)3/h5-7,9H,4,8H2,1-3H3. The average Bonchev–Trinajstić information content (AvgIpc) is 3.12. The van der Waals surface area contributed by atoms with Crippen LogP contribution in [0, 0.1) is 0 Å². The maximum atomic E-state index is 12.5. The SMILES string of the molecule is CCn1nnc2cc(C(=O)N(C)Cc3nncn3C)ccc21. The van der Waals surface area contributed by atoms with Crippen molar-refractivity contribution >= 4 is 16.9 Å². The molecule has 3 aromatic rings. The molecule has 2 aromatic heterocycles. The first kappa shape index (κ1) is 14.2. The van der Waals surface area contributed by atoms with Gasteiger partial charge in [0.05, 0.1) is 12.1 Å². The monoisotopic (exact) mass is 299 g/mol. The summed E-state index contributed by atoms with van der Waals surface area (Å²) in [5.74, 6) is 0.643. The van der Waals surface area contributed by atoms with E-state index in [1.165, 1.54) is 0 Å². The van der Waals surface area contributed by atoms with Gasteiger partial charge in [0.25, 0.3) is 5.91 Å². The van der Waals surface area contributed by atoms with Gasteiger partial charge in [0.1, 0.15) is 11.8 Å². The van der Waals surface area contributed by atoms with Crippen molar-refractivity contribution < 1.29 is 4.79 Å². The summed E-state index contributed by atoms with van der Waals surface area (Å²) in [5.41, 5.74) is 2.23. The van der Waals surface area contributed by atoms with E-state index in [0.29, 0.717) is 12.1 Å². The zero-order valence-corrected chi connectivity index (χ0v) is 12.8. The van der Waals surface area contributed by atoms with Crippen LogP contribution in [0.15, 0.2) is 24.5 Å². The molecule has 0 bridgehead atoms. The van der Waals surface area contributed by atoms with Crippen LogP contribution in [-0.2, 0) is 20.1 Å². The van der Waals surface area contributed by atoms with Crippen LogP contribution in [0.2, 0.25) is 0 Å². The van der Waals surface area contributed by atoms with Gasteiger partial charge in [-0.05, 0) is 25.1 Å². The smallest absolute Gasteiger partial charge is 0.254 e. The molecule has 0 atom stereocenters. The van der Waals surface area contributed by atoms with E-state index in [-0.39, 0.29) is 5.91 Å². The molecule has 0 aliphatic heterocycles. The van der Waals surface area contributed by atoms with Gasteiger partial charge in [-0.15, -0.1) is 15.3 Å². The van der Waals surface area contributed by atoms with Crippen molar-refractivity contribution in [2.45, 2.75) is 20.0 Å². The van der Waals surface area contributed by atoms with E-state index in [1.807, 2.05) is 20.0 Å². The zero-order chi connectivity index (χ0) is 15.7. The third-order valence-electron chi connectivity index (χ3n) is 3.59. The van der Waals surface area contributed by atoms with E-state index in [9.17, 15) is 4.79 Å². The van der Waals surface area contributed by atoms with Crippen LogP contribution >= 0.6 is 0 Å². The van der Waals surface area contributed by atoms with Crippen LogP contribution in [0.3, 0.4) is 0 Å². The Morgan fingerprint density at radius 2 is 2.14 bits per heavy atom. The first-order valence-electron chi connectivity index (χ1n) is 7.01. The highest BCUT2D eigenvalue weighted by Crippen LogP contribution is 2.15. The van der Waals surface area contributed by atoms with Crippen molar-refractivity contribution in [3.8, 4) is 0 Å². The molecule has 0 fully saturated rings. The van der Waals surface area contributed by atoms with Gasteiger partial charge in [0.15, 0.2) is 5.82 Å². The predicted molar refractivity (Wildman–Crippen MR) is 80.0 cm³/mol. The highest BCUT2D eigenvalue weighted by atomic mass is 16.2. The number of carbonyl (C=O) groups is 1. The summed E-state index contributed by atoms with van der Waals surface area (Å²) >= 11 is 0. The molecular formula is C14H17N7O. The Hall–Kier alpha value is -2.77. The third-order valence-corrected chi connectivity index (χ3v) is 3.59. The molecule has 0 saturated carbocycles. The van der Waals surface area contributed by atoms with Crippen molar-refractivity contribution in [1.29, 1.82) is 0 Å². The molecular weight excluding hydrogens is 282 g/mol. The molecule has 2 heterocycles. The minimum atomic E-state index is -0.0871. The van der Waals surface area contributed by atoms with Crippen LogP contribution in [0.1, 0.15) is 23.1 Å². The van der Waals surface area contributed by atoms with Crippen LogP contribution in [0.5, 0.6) is 0 Å². The first-order valence-corrected chi connectivity index (χ1v) is 7.01. The summed E-state index contributed by atoms with van der Waals surface area (Å²) in [6.45, 7) is 3.15. The molecule has 0 saturated heterocycles. The second-order valence-corrected chi connectivity index (χ2v) is 5.13. The number of hydrogen-bond acceptors (Lipinski definition) is 5. The quantitative estimate of drug-likeness (QED) is 0.713. The Morgan fingerprint density at radius 3 is 2.82 bits per heavy atom. The molecule has 0 aliphatic rings. The van der Waals surface area contributed by atoms with E-state index >= 15 is 0 Å². The Morgan fingerprint density at radius 1 is 1.32 bits per heavy atom. The van der Waals surface area contributed by atoms with Crippen molar-refractivity contribution in [2.75, 3.05) is 7.05 Å². The Balaban J connectivity index is 1.83. The van der Waals surface area contributed by atoms with Gasteiger partial charge in [-0.25, -0.2) is 4.68 Å². The lowest BCUT2D eigenvalue weighted by Crippen LogP contribution is -2.27. The van der Waals surface area contributed by atoms with Gasteiger partial charge >= 0.3 is 0 Å². The summed E-state index contributed by atoms with van der Waals surface area (Å²) in [7, 11) is 3.59. The fourth-order valence-corrected chi connectivity index (χ4v) is 2.29. The minimum absolute atomic E-state index is 0.0871. The maximum absolute atomic E-state index is 12.5. The average molecular weight is 299 g/mol. The maximum Gasteiger partial charge on any atom is 0.254 e. The van der Waals surface area contributed by atoms with Gasteiger partial charge in [0, 0.05) is 26.2 Å². The summed E-state index contributed by atoms with van der Waals surface area (Å²) in [6.07, 6.45) is 1.61. The Kier molecular flexibility index (Phi) is 3.58. The number of aromatic nitrogens is 6. The molecule has 22 heavy (non-hydrogen) atoms. The largest absolute Gasteiger partial charge is 0.334 e. The number of rotatable bonds is 4. The summed E-state index contributed by atoms with van der Waals surface area (Å²) in [5, 5.41) is 16.0. The van der Waals surface area contributed by atoms with Crippen LogP contribution in [-0.4, -0.2) is 47.6 Å². The number of hydrogen-bond donors (Lipinski definition) is 0. The number of amides is 1. The van der Waals surface area contributed by atoms with Crippen molar-refractivity contribution in [3.63, 3.8) is 0 Å². The molecule has 0 N–H and O–H groups in total. The highest BCUT2D eigenvalue weighted by molar-refractivity contribution is 5.97. The fraction of sp³-hybridized carbons (Fsp3) is 0.357. The molecule has 3 rings (SSSR count). The molecule has 1 amide bonds. The van der Waals surface area contributed by atoms with Crippen molar-refractivity contribution in [3.05, 3.63) is 35.9 Å². The second-order valence-electron chi connectivity index (χ2n) is 5.13. The third kappa shape index (κ3) is 2.43. The zero-order valence-electron chi connectivity index (χ0n) is 12.8. The van der Waals surface area contributed by atoms with E-state index in [4.69, 9.17) is 0 Å². The number of carbonyl (C=O) groups excluding carboxylic acids is 1. The molecule has 0 spiro atoms. The molecule has 0 unspecified atom stereocenters. The molecule has 114 valence electrons. The van der Waals surface area contributed by atoms with Crippen molar-refractivity contribution in [2.24, 2.45) is 7.05 Å². The lowest BCUT2D eigenvalue weighted by molar-refractivity contribution is 0.0780. The van der Waals surface area contributed by atoms with Crippen LogP contribution < -0.4 is 0 Å². The summed E-state index contributed by atoms with van der Waals surface area (Å²) in [4.78, 5) is 14.1. The van der Waals surface area contributed by atoms with E-state index < -0.39 is 0 Å². The Bertz CT molecular complexity index is 820. The molecule has 8 nitrogen and oxygen atoms in total. The molecule has 8 heteroatoms. The van der Waals surface area contributed by atoms with Gasteiger partial charge in [-0.2, -0.15) is 0 Å². The van der Waals surface area contributed by atoms with Crippen molar-refractivity contribution in [1.82, 2.24) is 34.7 Å². The minimum Gasteiger partial charge on any atom is -0.334 e. The van der Waals surface area contributed by atoms with Gasteiger partial charge in [-0.1, -0.05) is 5.21 Å². The van der Waals surface area contributed by atoms with Gasteiger partial charge < -0.3 is 9.47 Å². The summed E-state index contributed by atoms with van der Waals surface area (Å²) in [6, 6.07) is 5.44. The molecule has 0 radical (unpaired) electrons. The van der Waals surface area contributed by atoms with E-state index in [2.05, 4.69) is 20.5 Å². The van der Waals surface area contributed by atoms with Gasteiger partial charge in [-0.3, -0.25) is 4.79 Å². The van der Waals surface area contributed by atoms with E-state index in [1.54, 1.807) is 39.7 Å². The topological polar surface area (TPSA) is 81.7 Å². The fourth-order valence-electron chi connectivity index (χ4n) is 2.29. The summed E-state index contributed by atoms with van der Waals surface area (Å²) < 4.78 is 3.59. The highest BCUT2D eigenvalue weighted by Gasteiger charge is 2.16. The number of nitrogens with zero attached hydrogens (tertiary/aromatic N) is 7. The normalized spacial score (nSPS) is 11.0.